The van der Waals surface area contributed by atoms with E-state index in [1.54, 1.807) is 7.05 Å². The predicted molar refractivity (Wildman–Crippen MR) is 135 cm³/mol. The molecule has 1 amide bonds. The van der Waals surface area contributed by atoms with Gasteiger partial charge in [-0.15, -0.1) is 0 Å². The number of aromatic nitrogens is 1. The zero-order valence-electron chi connectivity index (χ0n) is 18.4. The first-order chi connectivity index (χ1) is 15.3. The van der Waals surface area contributed by atoms with Gasteiger partial charge in [-0.05, 0) is 54.8 Å². The van der Waals surface area contributed by atoms with Crippen molar-refractivity contribution in [2.24, 2.45) is 0 Å². The van der Waals surface area contributed by atoms with Gasteiger partial charge in [-0.3, -0.25) is 4.79 Å². The fourth-order valence-electron chi connectivity index (χ4n) is 3.42. The Balaban J connectivity index is 2.01. The van der Waals surface area contributed by atoms with E-state index < -0.39 is 10.9 Å². The summed E-state index contributed by atoms with van der Waals surface area (Å²) in [7, 11) is -1.16. The molecule has 1 N–H and O–H groups in total. The van der Waals surface area contributed by atoms with Gasteiger partial charge >= 0.3 is 0 Å². The largest absolute Gasteiger partial charge is 0.437 e. The molecular weight excluding hydrogens is 541 g/mol. The highest BCUT2D eigenvalue weighted by atomic mass is 127. The molecule has 9 heteroatoms. The molecule has 0 aliphatic rings. The molecule has 1 radical (unpaired) electrons. The molecule has 171 valence electrons. The van der Waals surface area contributed by atoms with Crippen molar-refractivity contribution in [3.63, 3.8) is 0 Å². The number of rotatable bonds is 10. The number of fused-ring (bicyclic) bond motifs is 1. The SMILES string of the molecule is CC[CH]CCCN(Cc1nc2oc(-c3ccc(C)cc3)c(C(=O)NC)c2cc1I)[SH](=O)=O. The van der Waals surface area contributed by atoms with Crippen LogP contribution < -0.4 is 5.32 Å². The van der Waals surface area contributed by atoms with Crippen LogP contribution in [-0.2, 0) is 17.4 Å². The minimum atomic E-state index is -2.74. The number of carbonyl (C=O) groups is 1. The summed E-state index contributed by atoms with van der Waals surface area (Å²) in [5.41, 5.74) is 3.22. The summed E-state index contributed by atoms with van der Waals surface area (Å²) >= 11 is 2.13. The molecule has 0 saturated heterocycles. The summed E-state index contributed by atoms with van der Waals surface area (Å²) in [6, 6.07) is 9.56. The molecule has 3 rings (SSSR count). The third-order valence-electron chi connectivity index (χ3n) is 5.15. The van der Waals surface area contributed by atoms with Gasteiger partial charge in [0.2, 0.25) is 16.6 Å². The van der Waals surface area contributed by atoms with Crippen LogP contribution in [-0.4, -0.2) is 37.2 Å². The van der Waals surface area contributed by atoms with Gasteiger partial charge in [0, 0.05) is 22.7 Å². The van der Waals surface area contributed by atoms with Crippen molar-refractivity contribution in [1.29, 1.82) is 0 Å². The van der Waals surface area contributed by atoms with Crippen LogP contribution in [0.2, 0.25) is 0 Å². The monoisotopic (exact) mass is 568 g/mol. The number of benzene rings is 1. The molecule has 0 saturated carbocycles. The van der Waals surface area contributed by atoms with Crippen LogP contribution in [0.1, 0.15) is 47.8 Å². The second-order valence-electron chi connectivity index (χ2n) is 7.49. The number of hydrogen-bond donors (Lipinski definition) is 2. The summed E-state index contributed by atoms with van der Waals surface area (Å²) < 4.78 is 31.8. The Morgan fingerprint density at radius 1 is 1.28 bits per heavy atom. The molecule has 0 aliphatic heterocycles. The van der Waals surface area contributed by atoms with E-state index in [-0.39, 0.29) is 12.5 Å². The molecule has 0 atom stereocenters. The number of halogens is 1. The van der Waals surface area contributed by atoms with Crippen LogP contribution >= 0.6 is 22.6 Å². The lowest BCUT2D eigenvalue weighted by molar-refractivity contribution is 0.0964. The Bertz CT molecular complexity index is 1160. The maximum absolute atomic E-state index is 12.7. The summed E-state index contributed by atoms with van der Waals surface area (Å²) in [4.78, 5) is 17.3. The van der Waals surface area contributed by atoms with E-state index in [4.69, 9.17) is 4.42 Å². The van der Waals surface area contributed by atoms with Gasteiger partial charge in [0.25, 0.3) is 5.91 Å². The van der Waals surface area contributed by atoms with E-state index in [1.807, 2.05) is 37.3 Å². The fraction of sp³-hybridized carbons (Fsp3) is 0.348. The molecular formula is C23H27IN3O4S. The fourth-order valence-corrected chi connectivity index (χ4v) is 4.57. The number of unbranched alkanes of at least 4 members (excludes halogenated alkanes) is 3. The highest BCUT2D eigenvalue weighted by Gasteiger charge is 2.24. The molecule has 3 aromatic rings. The van der Waals surface area contributed by atoms with Crippen LogP contribution in [0.3, 0.4) is 0 Å². The summed E-state index contributed by atoms with van der Waals surface area (Å²) in [6.07, 6.45) is 4.73. The standard InChI is InChI=1S/C23H27IN3O4S/c1-4-5-6-7-12-27(32(29)30)14-19-18(24)13-17-20(22(28)25-3)21(31-23(17)26-19)16-10-8-15(2)9-11-16/h5,8-11,13,32H,4,6-7,12,14H2,1-3H3,(H,25,28). The summed E-state index contributed by atoms with van der Waals surface area (Å²) in [6.45, 7) is 4.65. The molecule has 0 aliphatic carbocycles. The molecule has 32 heavy (non-hydrogen) atoms. The molecule has 2 aromatic heterocycles. The van der Waals surface area contributed by atoms with E-state index in [1.165, 1.54) is 4.31 Å². The number of amides is 1. The van der Waals surface area contributed by atoms with Crippen molar-refractivity contribution in [1.82, 2.24) is 14.6 Å². The van der Waals surface area contributed by atoms with Gasteiger partial charge in [-0.2, -0.15) is 4.31 Å². The van der Waals surface area contributed by atoms with Gasteiger partial charge < -0.3 is 9.73 Å². The third kappa shape index (κ3) is 5.68. The second-order valence-corrected chi connectivity index (χ2v) is 9.69. The molecule has 0 unspecified atom stereocenters. The van der Waals surface area contributed by atoms with Crippen LogP contribution in [0.25, 0.3) is 22.4 Å². The Morgan fingerprint density at radius 2 is 2.00 bits per heavy atom. The van der Waals surface area contributed by atoms with Crippen LogP contribution in [0.5, 0.6) is 0 Å². The smallest absolute Gasteiger partial charge is 0.255 e. The van der Waals surface area contributed by atoms with E-state index in [9.17, 15) is 13.2 Å². The summed E-state index contributed by atoms with van der Waals surface area (Å²) in [5.74, 6) is 0.183. The van der Waals surface area contributed by atoms with E-state index in [2.05, 4.69) is 46.2 Å². The maximum Gasteiger partial charge on any atom is 0.255 e. The molecule has 0 fully saturated rings. The number of nitrogens with one attached hydrogen (secondary N) is 1. The molecule has 2 heterocycles. The molecule has 0 bridgehead atoms. The Kier molecular flexibility index (Phi) is 8.66. The lowest BCUT2D eigenvalue weighted by Gasteiger charge is -2.15. The minimum Gasteiger partial charge on any atom is -0.437 e. The van der Waals surface area contributed by atoms with Gasteiger partial charge in [0.1, 0.15) is 5.76 Å². The average Bonchev–Trinajstić information content (AvgIpc) is 3.13. The third-order valence-corrected chi connectivity index (χ3v) is 6.89. The minimum absolute atomic E-state index is 0.162. The van der Waals surface area contributed by atoms with Gasteiger partial charge in [0.15, 0.2) is 0 Å². The lowest BCUT2D eigenvalue weighted by atomic mass is 10.0. The molecule has 0 spiro atoms. The van der Waals surface area contributed by atoms with Gasteiger partial charge in [0.05, 0.1) is 23.2 Å². The van der Waals surface area contributed by atoms with Crippen LogP contribution in [0.4, 0.5) is 0 Å². The van der Waals surface area contributed by atoms with E-state index in [0.29, 0.717) is 34.7 Å². The number of nitrogens with zero attached hydrogens (tertiary/aromatic N) is 2. The van der Waals surface area contributed by atoms with Crippen molar-refractivity contribution in [2.75, 3.05) is 13.6 Å². The first-order valence-electron chi connectivity index (χ1n) is 10.5. The Hall–Kier alpha value is -1.98. The topological polar surface area (TPSA) is 92.5 Å². The predicted octanol–water partition coefficient (Wildman–Crippen LogP) is 4.49. The number of thiol groups is 1. The summed E-state index contributed by atoms with van der Waals surface area (Å²) in [5, 5.41) is 3.28. The number of carbonyl (C=O) groups excluding carboxylic acids is 1. The first kappa shape index (κ1) is 24.7. The van der Waals surface area contributed by atoms with Gasteiger partial charge in [-0.25, -0.2) is 13.4 Å². The number of aryl methyl sites for hydroxylation is 1. The van der Waals surface area contributed by atoms with Crippen molar-refractivity contribution < 1.29 is 17.6 Å². The van der Waals surface area contributed by atoms with E-state index >= 15 is 0 Å². The van der Waals surface area contributed by atoms with Crippen molar-refractivity contribution >= 4 is 50.5 Å². The van der Waals surface area contributed by atoms with Crippen molar-refractivity contribution in [3.05, 3.63) is 57.1 Å². The highest BCUT2D eigenvalue weighted by molar-refractivity contribution is 14.1. The number of hydrogen-bond acceptors (Lipinski definition) is 5. The normalized spacial score (nSPS) is 11.6. The molecule has 1 aromatic carbocycles. The lowest BCUT2D eigenvalue weighted by Crippen LogP contribution is -2.24. The number of pyridine rings is 1. The zero-order valence-corrected chi connectivity index (χ0v) is 21.4. The number of furan rings is 1. The average molecular weight is 568 g/mol. The first-order valence-corrected chi connectivity index (χ1v) is 12.7. The van der Waals surface area contributed by atoms with Gasteiger partial charge in [-0.1, -0.05) is 43.2 Å². The van der Waals surface area contributed by atoms with Crippen LogP contribution in [0, 0.1) is 16.9 Å². The van der Waals surface area contributed by atoms with Crippen molar-refractivity contribution in [3.8, 4) is 11.3 Å². The Labute approximate surface area is 203 Å². The van der Waals surface area contributed by atoms with E-state index in [0.717, 1.165) is 34.0 Å². The quantitative estimate of drug-likeness (QED) is 0.214. The highest BCUT2D eigenvalue weighted by Crippen LogP contribution is 2.34. The van der Waals surface area contributed by atoms with Crippen molar-refractivity contribution in [2.45, 2.75) is 39.7 Å². The zero-order chi connectivity index (χ0) is 23.3. The molecule has 7 nitrogen and oxygen atoms in total. The van der Waals surface area contributed by atoms with Crippen LogP contribution in [0.15, 0.2) is 34.7 Å². The second kappa shape index (κ2) is 11.2. The maximum atomic E-state index is 12.7. The Morgan fingerprint density at radius 3 is 2.62 bits per heavy atom.